The minimum atomic E-state index is -0.493. The van der Waals surface area contributed by atoms with Crippen LogP contribution >= 0.6 is 0 Å². The molecular weight excluding hydrogens is 282 g/mol. The number of rotatable bonds is 4. The van der Waals surface area contributed by atoms with Crippen LogP contribution < -0.4 is 16.2 Å². The molecule has 2 amide bonds. The molecule has 6 nitrogen and oxygen atoms in total. The first kappa shape index (κ1) is 15.6. The summed E-state index contributed by atoms with van der Waals surface area (Å²) in [5.74, 6) is -0.0577. The Morgan fingerprint density at radius 3 is 2.45 bits per heavy atom. The normalized spacial score (nSPS) is 10.1. The first-order chi connectivity index (χ1) is 10.5. The number of hydrogen-bond donors (Lipinski definition) is 3. The smallest absolute Gasteiger partial charge is 0.305 e. The Labute approximate surface area is 128 Å². The van der Waals surface area contributed by atoms with Crippen LogP contribution in [0.5, 0.6) is 0 Å². The monoisotopic (exact) mass is 301 g/mol. The minimum Gasteiger partial charge on any atom is -0.456 e. The molecule has 1 heterocycles. The van der Waals surface area contributed by atoms with Crippen LogP contribution in [0.2, 0.25) is 0 Å². The third-order valence-electron chi connectivity index (χ3n) is 3.10. The molecule has 0 saturated heterocycles. The average molecular weight is 301 g/mol. The van der Waals surface area contributed by atoms with Gasteiger partial charge in [-0.2, -0.15) is 0 Å². The van der Waals surface area contributed by atoms with E-state index < -0.39 is 5.91 Å². The van der Waals surface area contributed by atoms with Gasteiger partial charge in [0.25, 0.3) is 5.91 Å². The molecule has 0 fully saturated rings. The first-order valence-electron chi connectivity index (χ1n) is 6.92. The van der Waals surface area contributed by atoms with Gasteiger partial charge in [-0.1, -0.05) is 17.7 Å². The fraction of sp³-hybridized carbons (Fsp3) is 0.250. The van der Waals surface area contributed by atoms with Crippen molar-refractivity contribution >= 4 is 17.5 Å². The number of nitrogens with one attached hydrogen (secondary N) is 3. The molecule has 3 N–H and O–H groups in total. The van der Waals surface area contributed by atoms with Crippen molar-refractivity contribution in [1.82, 2.24) is 10.9 Å². The molecule has 1 aromatic heterocycles. The molecule has 0 spiro atoms. The number of carbonyl (C=O) groups is 2. The lowest BCUT2D eigenvalue weighted by atomic mass is 10.1. The number of amides is 2. The Hall–Kier alpha value is -2.76. The molecule has 2 rings (SSSR count). The summed E-state index contributed by atoms with van der Waals surface area (Å²) in [5, 5.41) is 3.02. The standard InChI is InChI=1S/C16H19N3O3/c1-10-4-6-13(11(2)8-10)17-9-15(20)18-19-16(21)14-7-5-12(3)22-14/h4-8,17H,9H2,1-3H3,(H,18,20)(H,19,21). The van der Waals surface area contributed by atoms with Gasteiger partial charge in [0.2, 0.25) is 0 Å². The third-order valence-corrected chi connectivity index (χ3v) is 3.10. The molecule has 0 saturated carbocycles. The Morgan fingerprint density at radius 2 is 1.82 bits per heavy atom. The van der Waals surface area contributed by atoms with Crippen molar-refractivity contribution in [3.63, 3.8) is 0 Å². The summed E-state index contributed by atoms with van der Waals surface area (Å²) < 4.78 is 5.15. The number of carbonyl (C=O) groups excluding carboxylic acids is 2. The van der Waals surface area contributed by atoms with Gasteiger partial charge in [0.05, 0.1) is 6.54 Å². The van der Waals surface area contributed by atoms with E-state index in [1.165, 1.54) is 0 Å². The van der Waals surface area contributed by atoms with E-state index in [1.54, 1.807) is 19.1 Å². The zero-order chi connectivity index (χ0) is 16.1. The van der Waals surface area contributed by atoms with Crippen LogP contribution in [-0.4, -0.2) is 18.4 Å². The summed E-state index contributed by atoms with van der Waals surface area (Å²) in [6.07, 6.45) is 0. The Balaban J connectivity index is 1.79. The highest BCUT2D eigenvalue weighted by Crippen LogP contribution is 2.15. The predicted molar refractivity (Wildman–Crippen MR) is 83.5 cm³/mol. The molecular formula is C16H19N3O3. The van der Waals surface area contributed by atoms with Crippen LogP contribution in [0.1, 0.15) is 27.4 Å². The second kappa shape index (κ2) is 6.80. The summed E-state index contributed by atoms with van der Waals surface area (Å²) in [6, 6.07) is 9.14. The molecule has 0 unspecified atom stereocenters. The van der Waals surface area contributed by atoms with Gasteiger partial charge in [0, 0.05) is 5.69 Å². The van der Waals surface area contributed by atoms with E-state index in [4.69, 9.17) is 4.42 Å². The molecule has 0 radical (unpaired) electrons. The van der Waals surface area contributed by atoms with Gasteiger partial charge in [-0.15, -0.1) is 0 Å². The fourth-order valence-electron chi connectivity index (χ4n) is 1.98. The minimum absolute atomic E-state index is 0.0569. The molecule has 0 bridgehead atoms. The molecule has 0 aliphatic carbocycles. The maximum Gasteiger partial charge on any atom is 0.305 e. The molecule has 2 aromatic rings. The predicted octanol–water partition coefficient (Wildman–Crippen LogP) is 2.08. The van der Waals surface area contributed by atoms with Gasteiger partial charge in [0.15, 0.2) is 5.76 Å². The second-order valence-electron chi connectivity index (χ2n) is 5.08. The molecule has 116 valence electrons. The van der Waals surface area contributed by atoms with Gasteiger partial charge < -0.3 is 9.73 Å². The number of hydrazine groups is 1. The van der Waals surface area contributed by atoms with Crippen LogP contribution in [0, 0.1) is 20.8 Å². The summed E-state index contributed by atoms with van der Waals surface area (Å²) in [6.45, 7) is 5.77. The summed E-state index contributed by atoms with van der Waals surface area (Å²) >= 11 is 0. The number of furan rings is 1. The van der Waals surface area contributed by atoms with E-state index in [-0.39, 0.29) is 18.2 Å². The van der Waals surface area contributed by atoms with Gasteiger partial charge >= 0.3 is 5.91 Å². The molecule has 1 aromatic carbocycles. The summed E-state index contributed by atoms with van der Waals surface area (Å²) in [4.78, 5) is 23.4. The quantitative estimate of drug-likeness (QED) is 0.755. The van der Waals surface area contributed by atoms with Crippen molar-refractivity contribution in [2.24, 2.45) is 0 Å². The number of anilines is 1. The highest BCUT2D eigenvalue weighted by Gasteiger charge is 2.10. The largest absolute Gasteiger partial charge is 0.456 e. The number of benzene rings is 1. The zero-order valence-electron chi connectivity index (χ0n) is 12.8. The summed E-state index contributed by atoms with van der Waals surface area (Å²) in [5.41, 5.74) is 7.73. The maximum absolute atomic E-state index is 11.7. The van der Waals surface area contributed by atoms with E-state index in [1.807, 2.05) is 32.0 Å². The van der Waals surface area contributed by atoms with Gasteiger partial charge in [0.1, 0.15) is 5.76 Å². The van der Waals surface area contributed by atoms with E-state index in [0.29, 0.717) is 5.76 Å². The van der Waals surface area contributed by atoms with Crippen molar-refractivity contribution in [3.05, 3.63) is 53.0 Å². The molecule has 0 aliphatic rings. The van der Waals surface area contributed by atoms with Crippen molar-refractivity contribution in [2.45, 2.75) is 20.8 Å². The van der Waals surface area contributed by atoms with E-state index >= 15 is 0 Å². The number of aryl methyl sites for hydroxylation is 3. The van der Waals surface area contributed by atoms with Crippen molar-refractivity contribution < 1.29 is 14.0 Å². The lowest BCUT2D eigenvalue weighted by Crippen LogP contribution is -2.44. The van der Waals surface area contributed by atoms with Crippen molar-refractivity contribution in [1.29, 1.82) is 0 Å². The van der Waals surface area contributed by atoms with Crippen LogP contribution in [0.15, 0.2) is 34.7 Å². The molecule has 6 heteroatoms. The molecule has 0 aliphatic heterocycles. The number of hydrogen-bond acceptors (Lipinski definition) is 4. The third kappa shape index (κ3) is 4.12. The van der Waals surface area contributed by atoms with E-state index in [9.17, 15) is 9.59 Å². The van der Waals surface area contributed by atoms with E-state index in [0.717, 1.165) is 16.8 Å². The van der Waals surface area contributed by atoms with Crippen LogP contribution in [0.3, 0.4) is 0 Å². The van der Waals surface area contributed by atoms with Crippen molar-refractivity contribution in [2.75, 3.05) is 11.9 Å². The lowest BCUT2D eigenvalue weighted by molar-refractivity contribution is -0.120. The fourth-order valence-corrected chi connectivity index (χ4v) is 1.98. The second-order valence-corrected chi connectivity index (χ2v) is 5.08. The van der Waals surface area contributed by atoms with E-state index in [2.05, 4.69) is 16.2 Å². The Bertz CT molecular complexity index is 692. The summed E-state index contributed by atoms with van der Waals surface area (Å²) in [7, 11) is 0. The SMILES string of the molecule is Cc1ccc(NCC(=O)NNC(=O)c2ccc(C)o2)c(C)c1. The molecule has 22 heavy (non-hydrogen) atoms. The first-order valence-corrected chi connectivity index (χ1v) is 6.92. The average Bonchev–Trinajstić information content (AvgIpc) is 2.90. The van der Waals surface area contributed by atoms with Crippen LogP contribution in [0.25, 0.3) is 0 Å². The topological polar surface area (TPSA) is 83.4 Å². The lowest BCUT2D eigenvalue weighted by Gasteiger charge is -2.10. The van der Waals surface area contributed by atoms with Gasteiger partial charge in [-0.05, 0) is 44.5 Å². The highest BCUT2D eigenvalue weighted by molar-refractivity contribution is 5.93. The van der Waals surface area contributed by atoms with Crippen LogP contribution in [-0.2, 0) is 4.79 Å². The highest BCUT2D eigenvalue weighted by atomic mass is 16.3. The Kier molecular flexibility index (Phi) is 4.83. The van der Waals surface area contributed by atoms with Gasteiger partial charge in [-0.25, -0.2) is 0 Å². The van der Waals surface area contributed by atoms with Gasteiger partial charge in [-0.3, -0.25) is 20.4 Å². The Morgan fingerprint density at radius 1 is 1.05 bits per heavy atom. The maximum atomic E-state index is 11.7. The zero-order valence-corrected chi connectivity index (χ0v) is 12.8. The van der Waals surface area contributed by atoms with Crippen LogP contribution in [0.4, 0.5) is 5.69 Å². The molecule has 0 atom stereocenters. The van der Waals surface area contributed by atoms with Crippen molar-refractivity contribution in [3.8, 4) is 0 Å².